The Morgan fingerprint density at radius 3 is 1.53 bits per heavy atom. The first kappa shape index (κ1) is 40.6. The van der Waals surface area contributed by atoms with E-state index in [1.165, 1.54) is 38.9 Å². The summed E-state index contributed by atoms with van der Waals surface area (Å²) in [6.07, 6.45) is 3.69. The van der Waals surface area contributed by atoms with E-state index in [1.54, 1.807) is 0 Å². The Labute approximate surface area is 347 Å². The number of aryl methyl sites for hydroxylation is 6. The zero-order chi connectivity index (χ0) is 41.8. The molecule has 0 saturated carbocycles. The number of benzene rings is 4. The van der Waals surface area contributed by atoms with Gasteiger partial charge >= 0.3 is 0 Å². The number of hydrogen-bond donors (Lipinski definition) is 3. The topological polar surface area (TPSA) is 123 Å². The van der Waals surface area contributed by atoms with Gasteiger partial charge in [0.05, 0.1) is 12.7 Å². The molecule has 0 atom stereocenters. The van der Waals surface area contributed by atoms with Gasteiger partial charge in [-0.2, -0.15) is 9.97 Å². The molecule has 0 unspecified atom stereocenters. The molecular formula is C48H55N11. The first-order chi connectivity index (χ1) is 28.3. The summed E-state index contributed by atoms with van der Waals surface area (Å²) in [5.74, 6) is 2.79. The number of anilines is 4. The number of rotatable bonds is 11. The Morgan fingerprint density at radius 1 is 0.525 bits per heavy atom. The van der Waals surface area contributed by atoms with Gasteiger partial charge in [0.25, 0.3) is 0 Å². The summed E-state index contributed by atoms with van der Waals surface area (Å²) in [5, 5.41) is 10.4. The van der Waals surface area contributed by atoms with E-state index in [4.69, 9.17) is 19.9 Å². The lowest BCUT2D eigenvalue weighted by Gasteiger charge is -2.15. The highest BCUT2D eigenvalue weighted by molar-refractivity contribution is 5.86. The Balaban J connectivity index is 0.000000180. The number of fused-ring (bicyclic) bond motifs is 2. The van der Waals surface area contributed by atoms with Crippen LogP contribution in [-0.4, -0.2) is 39.0 Å². The number of imidazole rings is 2. The standard InChI is InChI=1S/C25H30N6.C23H25N5/c1-15(2)31-14-27-22-23(26-13-20-9-7-16(3)8-10-20)29-25(30-24(22)31)28-21-18(5)11-17(4)12-19(21)6;1-15(2)28-14-25-20-22(24-13-18-11-9-16(3)10-12-18)26-21(27-23(20)28)19-8-6-5-7-17(19)4/h7-12,14-15H,13H2,1-6H3,(H2,26,28,29,30);5-12,14-15H,13H2,1-4H3,(H,24,26,27). The second-order valence-corrected chi connectivity index (χ2v) is 16.0. The second kappa shape index (κ2) is 17.5. The molecule has 0 aliphatic carbocycles. The molecule has 302 valence electrons. The van der Waals surface area contributed by atoms with Crippen LogP contribution in [0.4, 0.5) is 23.3 Å². The van der Waals surface area contributed by atoms with Gasteiger partial charge in [-0.25, -0.2) is 19.9 Å². The molecule has 0 spiro atoms. The molecule has 8 aromatic rings. The summed E-state index contributed by atoms with van der Waals surface area (Å²) in [5.41, 5.74) is 15.0. The third kappa shape index (κ3) is 9.25. The molecule has 0 fully saturated rings. The van der Waals surface area contributed by atoms with Crippen LogP contribution >= 0.6 is 0 Å². The van der Waals surface area contributed by atoms with Crippen molar-refractivity contribution in [1.29, 1.82) is 0 Å². The van der Waals surface area contributed by atoms with Crippen LogP contribution in [-0.2, 0) is 13.1 Å². The van der Waals surface area contributed by atoms with Crippen molar-refractivity contribution >= 4 is 45.6 Å². The van der Waals surface area contributed by atoms with Crippen molar-refractivity contribution in [2.45, 2.75) is 94.4 Å². The lowest BCUT2D eigenvalue weighted by atomic mass is 10.1. The van der Waals surface area contributed by atoms with Crippen LogP contribution < -0.4 is 16.0 Å². The Kier molecular flexibility index (Phi) is 12.0. The summed E-state index contributed by atoms with van der Waals surface area (Å²) in [7, 11) is 0. The van der Waals surface area contributed by atoms with Crippen molar-refractivity contribution in [1.82, 2.24) is 39.0 Å². The molecule has 11 heteroatoms. The predicted octanol–water partition coefficient (Wildman–Crippen LogP) is 11.3. The average Bonchev–Trinajstić information content (AvgIpc) is 3.85. The number of nitrogens with one attached hydrogen (secondary N) is 3. The third-order valence-electron chi connectivity index (χ3n) is 10.4. The Bertz CT molecular complexity index is 2680. The molecule has 0 amide bonds. The van der Waals surface area contributed by atoms with Crippen molar-refractivity contribution < 1.29 is 0 Å². The summed E-state index contributed by atoms with van der Waals surface area (Å²) >= 11 is 0. The van der Waals surface area contributed by atoms with Gasteiger partial charge in [-0.3, -0.25) is 0 Å². The Hall–Kier alpha value is -6.62. The molecular weight excluding hydrogens is 731 g/mol. The fraction of sp³-hybridized carbons (Fsp3) is 0.292. The normalized spacial score (nSPS) is 11.3. The van der Waals surface area contributed by atoms with E-state index in [9.17, 15) is 0 Å². The van der Waals surface area contributed by atoms with Crippen molar-refractivity contribution in [2.75, 3.05) is 16.0 Å². The van der Waals surface area contributed by atoms with E-state index in [0.29, 0.717) is 19.0 Å². The van der Waals surface area contributed by atoms with E-state index >= 15 is 0 Å². The predicted molar refractivity (Wildman–Crippen MR) is 243 cm³/mol. The van der Waals surface area contributed by atoms with E-state index < -0.39 is 0 Å². The van der Waals surface area contributed by atoms with Crippen LogP contribution in [0.25, 0.3) is 33.7 Å². The summed E-state index contributed by atoms with van der Waals surface area (Å²) in [6.45, 7) is 22.5. The molecule has 0 saturated heterocycles. The average molecular weight is 786 g/mol. The molecule has 4 heterocycles. The van der Waals surface area contributed by atoms with Gasteiger partial charge in [0.1, 0.15) is 5.52 Å². The van der Waals surface area contributed by atoms with Crippen LogP contribution in [0.15, 0.2) is 97.6 Å². The number of hydrogen-bond acceptors (Lipinski definition) is 9. The highest BCUT2D eigenvalue weighted by atomic mass is 15.2. The molecule has 0 bridgehead atoms. The molecule has 3 N–H and O–H groups in total. The Morgan fingerprint density at radius 2 is 1.02 bits per heavy atom. The van der Waals surface area contributed by atoms with Gasteiger partial charge in [-0.1, -0.05) is 102 Å². The monoisotopic (exact) mass is 785 g/mol. The quantitative estimate of drug-likeness (QED) is 0.118. The summed E-state index contributed by atoms with van der Waals surface area (Å²) in [4.78, 5) is 28.5. The highest BCUT2D eigenvalue weighted by Crippen LogP contribution is 2.30. The molecule has 59 heavy (non-hydrogen) atoms. The molecule has 8 rings (SSSR count). The minimum Gasteiger partial charge on any atom is -0.364 e. The lowest BCUT2D eigenvalue weighted by Crippen LogP contribution is -2.08. The van der Waals surface area contributed by atoms with Gasteiger partial charge in [0.2, 0.25) is 5.95 Å². The maximum absolute atomic E-state index is 4.86. The molecule has 0 radical (unpaired) electrons. The largest absolute Gasteiger partial charge is 0.364 e. The molecule has 4 aromatic heterocycles. The molecule has 0 aliphatic heterocycles. The van der Waals surface area contributed by atoms with Gasteiger partial charge in [0.15, 0.2) is 34.3 Å². The molecule has 4 aromatic carbocycles. The fourth-order valence-corrected chi connectivity index (χ4v) is 7.11. The maximum atomic E-state index is 4.86. The smallest absolute Gasteiger partial charge is 0.231 e. The first-order valence-electron chi connectivity index (χ1n) is 20.3. The van der Waals surface area contributed by atoms with Crippen molar-refractivity contribution in [3.05, 3.63) is 142 Å². The fourth-order valence-electron chi connectivity index (χ4n) is 7.11. The summed E-state index contributed by atoms with van der Waals surface area (Å²) in [6, 6.07) is 30.1. The lowest BCUT2D eigenvalue weighted by molar-refractivity contribution is 0.612. The van der Waals surface area contributed by atoms with E-state index in [-0.39, 0.29) is 12.1 Å². The molecule has 11 nitrogen and oxygen atoms in total. The van der Waals surface area contributed by atoms with Crippen LogP contribution in [0.1, 0.15) is 84.3 Å². The second-order valence-electron chi connectivity index (χ2n) is 16.0. The zero-order valence-electron chi connectivity index (χ0n) is 35.9. The first-order valence-corrected chi connectivity index (χ1v) is 20.3. The van der Waals surface area contributed by atoms with Gasteiger partial charge in [0, 0.05) is 36.4 Å². The van der Waals surface area contributed by atoms with Crippen molar-refractivity contribution in [2.24, 2.45) is 0 Å². The van der Waals surface area contributed by atoms with Gasteiger partial charge in [-0.15, -0.1) is 0 Å². The van der Waals surface area contributed by atoms with Crippen molar-refractivity contribution in [3.8, 4) is 11.4 Å². The SMILES string of the molecule is Cc1ccc(CNc2nc(-c3ccccc3C)nc3c2ncn3C(C)C)cc1.Cc1ccc(CNc2nc(Nc3c(C)cc(C)cc3C)nc3c2ncn3C(C)C)cc1. The minimum atomic E-state index is 0.251. The maximum Gasteiger partial charge on any atom is 0.231 e. The van der Waals surface area contributed by atoms with Crippen molar-refractivity contribution in [3.63, 3.8) is 0 Å². The van der Waals surface area contributed by atoms with Crippen LogP contribution in [0.5, 0.6) is 0 Å². The third-order valence-corrected chi connectivity index (χ3v) is 10.4. The van der Waals surface area contributed by atoms with Gasteiger partial charge < -0.3 is 25.1 Å². The van der Waals surface area contributed by atoms with Gasteiger partial charge in [-0.05, 0) is 97.1 Å². The van der Waals surface area contributed by atoms with E-state index in [1.807, 2.05) is 24.8 Å². The van der Waals surface area contributed by atoms with Crippen LogP contribution in [0.2, 0.25) is 0 Å². The molecule has 0 aliphatic rings. The number of nitrogens with zero attached hydrogens (tertiary/aromatic N) is 8. The number of aromatic nitrogens is 8. The van der Waals surface area contributed by atoms with E-state index in [2.05, 4.69) is 177 Å². The zero-order valence-corrected chi connectivity index (χ0v) is 35.9. The summed E-state index contributed by atoms with van der Waals surface area (Å²) < 4.78 is 4.17. The van der Waals surface area contributed by atoms with E-state index in [0.717, 1.165) is 56.6 Å². The van der Waals surface area contributed by atoms with Crippen LogP contribution in [0.3, 0.4) is 0 Å². The van der Waals surface area contributed by atoms with Crippen LogP contribution in [0, 0.1) is 41.5 Å². The highest BCUT2D eigenvalue weighted by Gasteiger charge is 2.18. The minimum absolute atomic E-state index is 0.251.